The molecule has 0 bridgehead atoms. The van der Waals surface area contributed by atoms with E-state index in [1.54, 1.807) is 5.71 Å². The molecular formula is C14H27NSSi. The highest BCUT2D eigenvalue weighted by Crippen LogP contribution is 2.34. The van der Waals surface area contributed by atoms with Gasteiger partial charge in [-0.1, -0.05) is 32.5 Å². The first-order chi connectivity index (χ1) is 8.03. The highest BCUT2D eigenvalue weighted by atomic mass is 32.4. The molecule has 2 rings (SSSR count). The van der Waals surface area contributed by atoms with Crippen molar-refractivity contribution in [2.24, 2.45) is 4.99 Å². The molecule has 0 radical (unpaired) electrons. The summed E-state index contributed by atoms with van der Waals surface area (Å²) in [6.07, 6.45) is 10.9. The lowest BCUT2D eigenvalue weighted by Crippen LogP contribution is -2.26. The smallest absolute Gasteiger partial charge is 0.108 e. The highest BCUT2D eigenvalue weighted by Gasteiger charge is 2.25. The van der Waals surface area contributed by atoms with Crippen LogP contribution in [0.15, 0.2) is 4.99 Å². The van der Waals surface area contributed by atoms with E-state index in [2.05, 4.69) is 30.9 Å². The Labute approximate surface area is 112 Å². The molecule has 0 aromatic heterocycles. The van der Waals surface area contributed by atoms with Crippen LogP contribution >= 0.6 is 11.2 Å². The third kappa shape index (κ3) is 4.78. The maximum absolute atomic E-state index is 5.03. The summed E-state index contributed by atoms with van der Waals surface area (Å²) in [6.45, 7) is 7.42. The van der Waals surface area contributed by atoms with Crippen LogP contribution < -0.4 is 0 Å². The standard InChI is InChI=1S/C14H27NSSi/c1-17(2,3)16-14-10-6-9-13(11-14)15-12-7-4-5-8-12/h12,14H,4-11H2,1-3H3/b15-13+. The predicted octanol–water partition coefficient (Wildman–Crippen LogP) is 4.88. The molecular weight excluding hydrogens is 242 g/mol. The number of nitrogens with zero attached hydrogens (tertiary/aromatic N) is 1. The van der Waals surface area contributed by atoms with Gasteiger partial charge in [-0.05, 0) is 38.5 Å². The molecule has 1 nitrogen and oxygen atoms in total. The average molecular weight is 270 g/mol. The molecule has 0 aromatic carbocycles. The van der Waals surface area contributed by atoms with Crippen LogP contribution in [0.2, 0.25) is 19.6 Å². The van der Waals surface area contributed by atoms with Gasteiger partial charge in [0.25, 0.3) is 0 Å². The first-order valence-corrected chi connectivity index (χ1v) is 12.4. The number of rotatable bonds is 3. The van der Waals surface area contributed by atoms with Crippen molar-refractivity contribution < 1.29 is 0 Å². The molecule has 2 aliphatic rings. The van der Waals surface area contributed by atoms with Gasteiger partial charge in [0.15, 0.2) is 0 Å². The minimum Gasteiger partial charge on any atom is -0.291 e. The Bertz CT molecular complexity index is 276. The monoisotopic (exact) mass is 269 g/mol. The van der Waals surface area contributed by atoms with Gasteiger partial charge < -0.3 is 0 Å². The number of hydrogen-bond acceptors (Lipinski definition) is 2. The zero-order chi connectivity index (χ0) is 12.3. The van der Waals surface area contributed by atoms with Crippen LogP contribution in [0.1, 0.15) is 51.4 Å². The van der Waals surface area contributed by atoms with Gasteiger partial charge in [-0.15, -0.1) is 0 Å². The van der Waals surface area contributed by atoms with E-state index in [4.69, 9.17) is 4.99 Å². The van der Waals surface area contributed by atoms with E-state index in [-0.39, 0.29) is 0 Å². The van der Waals surface area contributed by atoms with Crippen molar-refractivity contribution in [2.75, 3.05) is 0 Å². The second kappa shape index (κ2) is 5.92. The summed E-state index contributed by atoms with van der Waals surface area (Å²) >= 11 is 2.30. The molecule has 0 aromatic rings. The maximum Gasteiger partial charge on any atom is 0.108 e. The fourth-order valence-corrected chi connectivity index (χ4v) is 8.17. The molecule has 1 unspecified atom stereocenters. The molecule has 0 heterocycles. The van der Waals surface area contributed by atoms with E-state index >= 15 is 0 Å². The predicted molar refractivity (Wildman–Crippen MR) is 82.9 cm³/mol. The van der Waals surface area contributed by atoms with Crippen LogP contribution in [0.5, 0.6) is 0 Å². The molecule has 2 aliphatic carbocycles. The lowest BCUT2D eigenvalue weighted by atomic mass is 9.97. The van der Waals surface area contributed by atoms with Gasteiger partial charge in [0.2, 0.25) is 0 Å². The van der Waals surface area contributed by atoms with Crippen molar-refractivity contribution in [1.29, 1.82) is 0 Å². The van der Waals surface area contributed by atoms with Gasteiger partial charge in [0.05, 0.1) is 0 Å². The van der Waals surface area contributed by atoms with Crippen LogP contribution in [-0.4, -0.2) is 24.2 Å². The molecule has 0 saturated heterocycles. The van der Waals surface area contributed by atoms with Crippen LogP contribution in [0.4, 0.5) is 0 Å². The summed E-state index contributed by atoms with van der Waals surface area (Å²) in [7, 11) is -0.957. The van der Waals surface area contributed by atoms with E-state index in [0.717, 1.165) is 5.25 Å². The second-order valence-corrected chi connectivity index (χ2v) is 16.1. The quantitative estimate of drug-likeness (QED) is 0.665. The van der Waals surface area contributed by atoms with Crippen molar-refractivity contribution in [3.63, 3.8) is 0 Å². The van der Waals surface area contributed by atoms with E-state index in [1.165, 1.54) is 51.4 Å². The zero-order valence-corrected chi connectivity index (χ0v) is 13.5. The van der Waals surface area contributed by atoms with Gasteiger partial charge in [0, 0.05) is 17.0 Å². The van der Waals surface area contributed by atoms with Crippen molar-refractivity contribution >= 4 is 24.1 Å². The minimum absolute atomic E-state index is 0.695. The summed E-state index contributed by atoms with van der Waals surface area (Å²) in [4.78, 5) is 5.03. The van der Waals surface area contributed by atoms with Crippen LogP contribution in [-0.2, 0) is 0 Å². The first-order valence-electron chi connectivity index (χ1n) is 7.26. The largest absolute Gasteiger partial charge is 0.291 e. The number of aliphatic imine (C=N–C) groups is 1. The van der Waals surface area contributed by atoms with Crippen LogP contribution in [0.25, 0.3) is 0 Å². The zero-order valence-electron chi connectivity index (χ0n) is 11.7. The Balaban J connectivity index is 1.87. The Morgan fingerprint density at radius 3 is 2.41 bits per heavy atom. The van der Waals surface area contributed by atoms with Gasteiger partial charge in [-0.2, -0.15) is 11.2 Å². The Morgan fingerprint density at radius 2 is 1.76 bits per heavy atom. The SMILES string of the molecule is C[Si](C)(C)SC1CCC/C(=N\C2CCCC2)C1. The molecule has 0 spiro atoms. The summed E-state index contributed by atoms with van der Waals surface area (Å²) in [6, 6.07) is 0.695. The van der Waals surface area contributed by atoms with Gasteiger partial charge in [0.1, 0.15) is 7.22 Å². The van der Waals surface area contributed by atoms with Crippen molar-refractivity contribution in [3.8, 4) is 0 Å². The van der Waals surface area contributed by atoms with E-state index < -0.39 is 7.22 Å². The molecule has 3 heteroatoms. The third-order valence-corrected chi connectivity index (χ3v) is 8.23. The van der Waals surface area contributed by atoms with E-state index in [9.17, 15) is 0 Å². The van der Waals surface area contributed by atoms with Crippen LogP contribution in [0, 0.1) is 0 Å². The second-order valence-electron chi connectivity index (χ2n) is 6.58. The Kier molecular flexibility index (Phi) is 4.76. The molecule has 0 aliphatic heterocycles. The summed E-state index contributed by atoms with van der Waals surface area (Å²) in [5.41, 5.74) is 1.55. The summed E-state index contributed by atoms with van der Waals surface area (Å²) in [5.74, 6) is 0. The molecule has 2 fully saturated rings. The average Bonchev–Trinajstić information content (AvgIpc) is 2.68. The minimum atomic E-state index is -0.957. The molecule has 2 saturated carbocycles. The third-order valence-electron chi connectivity index (χ3n) is 3.66. The van der Waals surface area contributed by atoms with Gasteiger partial charge >= 0.3 is 0 Å². The van der Waals surface area contributed by atoms with Crippen molar-refractivity contribution in [1.82, 2.24) is 0 Å². The van der Waals surface area contributed by atoms with Crippen LogP contribution in [0.3, 0.4) is 0 Å². The molecule has 1 atom stereocenters. The van der Waals surface area contributed by atoms with Gasteiger partial charge in [-0.25, -0.2) is 0 Å². The number of hydrogen-bond donors (Lipinski definition) is 0. The lowest BCUT2D eigenvalue weighted by Gasteiger charge is -2.28. The summed E-state index contributed by atoms with van der Waals surface area (Å²) < 4.78 is 0. The topological polar surface area (TPSA) is 12.4 Å². The Morgan fingerprint density at radius 1 is 1.06 bits per heavy atom. The summed E-state index contributed by atoms with van der Waals surface area (Å²) in [5, 5.41) is 0.885. The highest BCUT2D eigenvalue weighted by molar-refractivity contribution is 8.29. The fraction of sp³-hybridized carbons (Fsp3) is 0.929. The molecule has 0 amide bonds. The lowest BCUT2D eigenvalue weighted by molar-refractivity contribution is 0.652. The first kappa shape index (κ1) is 13.7. The van der Waals surface area contributed by atoms with E-state index in [1.807, 2.05) is 0 Å². The normalized spacial score (nSPS) is 30.1. The van der Waals surface area contributed by atoms with Crippen molar-refractivity contribution in [2.45, 2.75) is 82.3 Å². The van der Waals surface area contributed by atoms with Gasteiger partial charge in [-0.3, -0.25) is 4.99 Å². The van der Waals surface area contributed by atoms with Crippen molar-refractivity contribution in [3.05, 3.63) is 0 Å². The molecule has 0 N–H and O–H groups in total. The van der Waals surface area contributed by atoms with E-state index in [0.29, 0.717) is 6.04 Å². The molecule has 17 heavy (non-hydrogen) atoms. The Hall–Kier alpha value is 0.237. The maximum atomic E-state index is 5.03. The fourth-order valence-electron chi connectivity index (χ4n) is 3.01. The molecule has 98 valence electrons.